The zero-order chi connectivity index (χ0) is 20.1. The maximum atomic E-state index is 12.6. The minimum absolute atomic E-state index is 0.0794. The first-order valence-corrected chi connectivity index (χ1v) is 10.6. The molecule has 1 aliphatic carbocycles. The Morgan fingerprint density at radius 3 is 2.00 bits per heavy atom. The molecule has 0 aromatic heterocycles. The summed E-state index contributed by atoms with van der Waals surface area (Å²) in [5, 5.41) is 6.19. The smallest absolute Gasteiger partial charge is 0.237 e. The summed E-state index contributed by atoms with van der Waals surface area (Å²) < 4.78 is 0. The average Bonchev–Trinajstić information content (AvgIpc) is 3.55. The van der Waals surface area contributed by atoms with E-state index in [4.69, 9.17) is 0 Å². The van der Waals surface area contributed by atoms with E-state index < -0.39 is 0 Å². The van der Waals surface area contributed by atoms with Crippen molar-refractivity contribution in [2.24, 2.45) is 0 Å². The molecule has 28 heavy (non-hydrogen) atoms. The predicted molar refractivity (Wildman–Crippen MR) is 111 cm³/mol. The maximum Gasteiger partial charge on any atom is 0.237 e. The van der Waals surface area contributed by atoms with Gasteiger partial charge in [0.2, 0.25) is 11.8 Å². The molecule has 6 nitrogen and oxygen atoms in total. The van der Waals surface area contributed by atoms with Gasteiger partial charge in [0.1, 0.15) is 0 Å². The number of nitrogens with zero attached hydrogens (tertiary/aromatic N) is 2. The topological polar surface area (TPSA) is 64.7 Å². The highest BCUT2D eigenvalue weighted by atomic mass is 16.2. The number of nitrogens with one attached hydrogen (secondary N) is 2. The summed E-state index contributed by atoms with van der Waals surface area (Å²) in [6.07, 6.45) is 2.23. The molecule has 2 N–H and O–H groups in total. The van der Waals surface area contributed by atoms with Gasteiger partial charge in [-0.1, -0.05) is 37.3 Å². The Bertz CT molecular complexity index is 654. The van der Waals surface area contributed by atoms with Crippen molar-refractivity contribution in [2.45, 2.75) is 57.7 Å². The number of rotatable bonds is 8. The first kappa shape index (κ1) is 20.8. The maximum absolute atomic E-state index is 12.6. The molecule has 3 rings (SSSR count). The molecule has 2 fully saturated rings. The van der Waals surface area contributed by atoms with E-state index in [-0.39, 0.29) is 23.9 Å². The van der Waals surface area contributed by atoms with Gasteiger partial charge < -0.3 is 10.6 Å². The fourth-order valence-electron chi connectivity index (χ4n) is 3.69. The Hall–Kier alpha value is -1.92. The molecular weight excluding hydrogens is 352 g/mol. The monoisotopic (exact) mass is 386 g/mol. The van der Waals surface area contributed by atoms with Gasteiger partial charge in [0.15, 0.2) is 0 Å². The predicted octanol–water partition coefficient (Wildman–Crippen LogP) is 1.58. The molecule has 0 radical (unpaired) electrons. The molecule has 3 atom stereocenters. The number of hydrogen-bond acceptors (Lipinski definition) is 4. The van der Waals surface area contributed by atoms with Crippen molar-refractivity contribution < 1.29 is 9.59 Å². The van der Waals surface area contributed by atoms with Crippen LogP contribution in [0.1, 0.15) is 45.1 Å². The third kappa shape index (κ3) is 5.55. The number of carbonyl (C=O) groups excluding carboxylic acids is 2. The SMILES string of the molecule is C[C@H](CNC(=O)[C@H](C)N1CCN([C@H](C)C(=O)NC2CC2)CC1)c1ccccc1. The normalized spacial score (nSPS) is 21.5. The van der Waals surface area contributed by atoms with E-state index in [0.717, 1.165) is 39.0 Å². The molecular formula is C22H34N4O2. The second-order valence-corrected chi connectivity index (χ2v) is 8.26. The Kier molecular flexibility index (Phi) is 7.08. The lowest BCUT2D eigenvalue weighted by Crippen LogP contribution is -2.57. The van der Waals surface area contributed by atoms with Crippen molar-refractivity contribution in [3.63, 3.8) is 0 Å². The molecule has 1 aliphatic heterocycles. The van der Waals surface area contributed by atoms with Crippen LogP contribution >= 0.6 is 0 Å². The summed E-state index contributed by atoms with van der Waals surface area (Å²) in [6.45, 7) is 9.98. The van der Waals surface area contributed by atoms with Crippen LogP contribution in [0.15, 0.2) is 30.3 Å². The fourth-order valence-corrected chi connectivity index (χ4v) is 3.69. The Morgan fingerprint density at radius 2 is 1.46 bits per heavy atom. The summed E-state index contributed by atoms with van der Waals surface area (Å²) in [7, 11) is 0. The van der Waals surface area contributed by atoms with Gasteiger partial charge in [0, 0.05) is 38.8 Å². The first-order valence-electron chi connectivity index (χ1n) is 10.6. The minimum Gasteiger partial charge on any atom is -0.354 e. The average molecular weight is 387 g/mol. The molecule has 1 saturated heterocycles. The van der Waals surface area contributed by atoms with E-state index in [1.807, 2.05) is 32.0 Å². The van der Waals surface area contributed by atoms with Crippen molar-refractivity contribution in [3.8, 4) is 0 Å². The van der Waals surface area contributed by atoms with Gasteiger partial charge in [-0.15, -0.1) is 0 Å². The van der Waals surface area contributed by atoms with Gasteiger partial charge in [-0.25, -0.2) is 0 Å². The zero-order valence-electron chi connectivity index (χ0n) is 17.4. The van der Waals surface area contributed by atoms with Gasteiger partial charge in [0.25, 0.3) is 0 Å². The minimum atomic E-state index is -0.152. The van der Waals surface area contributed by atoms with E-state index in [2.05, 4.69) is 39.5 Å². The highest BCUT2D eigenvalue weighted by molar-refractivity contribution is 5.82. The lowest BCUT2D eigenvalue weighted by molar-refractivity contribution is -0.129. The molecule has 1 aromatic rings. The quantitative estimate of drug-likeness (QED) is 0.712. The van der Waals surface area contributed by atoms with Crippen LogP contribution in [0.4, 0.5) is 0 Å². The number of carbonyl (C=O) groups is 2. The van der Waals surface area contributed by atoms with Crippen molar-refractivity contribution in [1.82, 2.24) is 20.4 Å². The number of benzene rings is 1. The third-order valence-corrected chi connectivity index (χ3v) is 6.08. The summed E-state index contributed by atoms with van der Waals surface area (Å²) in [5.74, 6) is 0.507. The van der Waals surface area contributed by atoms with Crippen molar-refractivity contribution in [1.29, 1.82) is 0 Å². The van der Waals surface area contributed by atoms with Gasteiger partial charge in [-0.2, -0.15) is 0 Å². The molecule has 1 heterocycles. The molecule has 2 amide bonds. The van der Waals surface area contributed by atoms with E-state index in [0.29, 0.717) is 18.5 Å². The highest BCUT2D eigenvalue weighted by Crippen LogP contribution is 2.19. The number of amides is 2. The van der Waals surface area contributed by atoms with E-state index in [1.165, 1.54) is 5.56 Å². The zero-order valence-corrected chi connectivity index (χ0v) is 17.4. The summed E-state index contributed by atoms with van der Waals surface area (Å²) >= 11 is 0. The summed E-state index contributed by atoms with van der Waals surface area (Å²) in [6, 6.07) is 10.4. The Balaban J connectivity index is 1.40. The van der Waals surface area contributed by atoms with Crippen molar-refractivity contribution >= 4 is 11.8 Å². The Morgan fingerprint density at radius 1 is 0.929 bits per heavy atom. The van der Waals surface area contributed by atoms with Gasteiger partial charge >= 0.3 is 0 Å². The van der Waals surface area contributed by atoms with Crippen LogP contribution in [0.5, 0.6) is 0 Å². The molecule has 0 spiro atoms. The molecule has 154 valence electrons. The lowest BCUT2D eigenvalue weighted by Gasteiger charge is -2.39. The lowest BCUT2D eigenvalue weighted by atomic mass is 10.0. The van der Waals surface area contributed by atoms with E-state index >= 15 is 0 Å². The molecule has 6 heteroatoms. The van der Waals surface area contributed by atoms with Gasteiger partial charge in [-0.3, -0.25) is 19.4 Å². The molecule has 0 unspecified atom stereocenters. The van der Waals surface area contributed by atoms with E-state index in [9.17, 15) is 9.59 Å². The fraction of sp³-hybridized carbons (Fsp3) is 0.636. The molecule has 1 aromatic carbocycles. The standard InChI is InChI=1S/C22H34N4O2/c1-16(19-7-5-4-6-8-19)15-23-21(27)17(2)25-11-13-26(14-12-25)18(3)22(28)24-20-9-10-20/h4-8,16-18,20H,9-15H2,1-3H3,(H,23,27)(H,24,28)/t16-,17+,18-/m1/s1. The van der Waals surface area contributed by atoms with Crippen LogP contribution in [0.3, 0.4) is 0 Å². The summed E-state index contributed by atoms with van der Waals surface area (Å²) in [4.78, 5) is 29.3. The van der Waals surface area contributed by atoms with E-state index in [1.54, 1.807) is 0 Å². The third-order valence-electron chi connectivity index (χ3n) is 6.08. The molecule has 0 bridgehead atoms. The number of hydrogen-bond donors (Lipinski definition) is 2. The van der Waals surface area contributed by atoms with Crippen LogP contribution in [0.2, 0.25) is 0 Å². The second-order valence-electron chi connectivity index (χ2n) is 8.26. The van der Waals surface area contributed by atoms with Crippen LogP contribution in [-0.4, -0.2) is 72.5 Å². The highest BCUT2D eigenvalue weighted by Gasteiger charge is 2.32. The van der Waals surface area contributed by atoms with Crippen LogP contribution in [0, 0.1) is 0 Å². The van der Waals surface area contributed by atoms with Crippen LogP contribution < -0.4 is 10.6 Å². The molecule has 1 saturated carbocycles. The van der Waals surface area contributed by atoms with Crippen LogP contribution in [0.25, 0.3) is 0 Å². The molecule has 2 aliphatic rings. The van der Waals surface area contributed by atoms with Crippen molar-refractivity contribution in [2.75, 3.05) is 32.7 Å². The number of piperazine rings is 1. The van der Waals surface area contributed by atoms with Gasteiger partial charge in [0.05, 0.1) is 12.1 Å². The summed E-state index contributed by atoms with van der Waals surface area (Å²) in [5.41, 5.74) is 1.24. The van der Waals surface area contributed by atoms with Crippen molar-refractivity contribution in [3.05, 3.63) is 35.9 Å². The van der Waals surface area contributed by atoms with Crippen LogP contribution in [-0.2, 0) is 9.59 Å². The Labute approximate surface area is 168 Å². The second kappa shape index (κ2) is 9.52. The first-order chi connectivity index (χ1) is 13.5. The van der Waals surface area contributed by atoms with Gasteiger partial charge in [-0.05, 0) is 38.2 Å². The largest absolute Gasteiger partial charge is 0.354 e.